The van der Waals surface area contributed by atoms with Crippen molar-refractivity contribution in [1.29, 1.82) is 0 Å². The summed E-state index contributed by atoms with van der Waals surface area (Å²) in [6.45, 7) is 0. The second-order valence-corrected chi connectivity index (χ2v) is 8.59. The van der Waals surface area contributed by atoms with Gasteiger partial charge in [-0.05, 0) is 65.4 Å². The van der Waals surface area contributed by atoms with Gasteiger partial charge in [0.05, 0.1) is 16.5 Å². The molecule has 138 valence electrons. The first-order valence-corrected chi connectivity index (χ1v) is 10.8. The second kappa shape index (κ2) is 7.21. The van der Waals surface area contributed by atoms with Gasteiger partial charge in [-0.25, -0.2) is 0 Å². The molecule has 0 bridgehead atoms. The molecule has 0 saturated heterocycles. The van der Waals surface area contributed by atoms with E-state index in [-0.39, 0.29) is 0 Å². The number of aromatic amines is 1. The number of hydrogen-bond donors (Lipinski definition) is 1. The molecule has 1 atom stereocenters. The monoisotopic (exact) mass is 384 g/mol. The van der Waals surface area contributed by atoms with Crippen molar-refractivity contribution in [1.82, 2.24) is 9.97 Å². The van der Waals surface area contributed by atoms with Crippen LogP contribution in [0.4, 0.5) is 0 Å². The maximum atomic E-state index is 12.3. The number of aromatic nitrogens is 2. The quantitative estimate of drug-likeness (QED) is 0.509. The maximum Gasteiger partial charge on any atom is 0.0538 e. The minimum Gasteiger partial charge on any atom is -0.354 e. The van der Waals surface area contributed by atoms with Crippen LogP contribution in [-0.2, 0) is 17.2 Å². The highest BCUT2D eigenvalue weighted by molar-refractivity contribution is 7.85. The molecule has 0 saturated carbocycles. The van der Waals surface area contributed by atoms with Crippen molar-refractivity contribution in [3.63, 3.8) is 0 Å². The van der Waals surface area contributed by atoms with Gasteiger partial charge in [0.1, 0.15) is 0 Å². The van der Waals surface area contributed by atoms with Gasteiger partial charge in [-0.15, -0.1) is 0 Å². The molecule has 0 spiro atoms. The van der Waals surface area contributed by atoms with Gasteiger partial charge in [0.25, 0.3) is 0 Å². The summed E-state index contributed by atoms with van der Waals surface area (Å²) in [6.07, 6.45) is 5.64. The van der Waals surface area contributed by atoms with Gasteiger partial charge in [0, 0.05) is 34.3 Å². The summed E-state index contributed by atoms with van der Waals surface area (Å²) >= 11 is 0. The summed E-state index contributed by atoms with van der Waals surface area (Å²) in [5, 5.41) is 0. The van der Waals surface area contributed by atoms with Crippen molar-refractivity contribution in [2.24, 2.45) is 0 Å². The average Bonchev–Trinajstić information content (AvgIpc) is 3.21. The molecule has 5 rings (SSSR count). The Morgan fingerprint density at radius 3 is 2.50 bits per heavy atom. The molecule has 2 aromatic carbocycles. The van der Waals surface area contributed by atoms with Crippen LogP contribution in [0.3, 0.4) is 0 Å². The first-order chi connectivity index (χ1) is 13.8. The van der Waals surface area contributed by atoms with Crippen molar-refractivity contribution >= 4 is 10.8 Å². The van der Waals surface area contributed by atoms with E-state index in [4.69, 9.17) is 0 Å². The number of hydrogen-bond acceptors (Lipinski definition) is 2. The molecule has 28 heavy (non-hydrogen) atoms. The summed E-state index contributed by atoms with van der Waals surface area (Å²) in [4.78, 5) is 8.79. The van der Waals surface area contributed by atoms with Crippen LogP contribution >= 0.6 is 0 Å². The zero-order valence-electron chi connectivity index (χ0n) is 15.4. The van der Waals surface area contributed by atoms with Gasteiger partial charge in [0.2, 0.25) is 0 Å². The first kappa shape index (κ1) is 17.1. The predicted octanol–water partition coefficient (Wildman–Crippen LogP) is 5.46. The van der Waals surface area contributed by atoms with Crippen LogP contribution in [-0.4, -0.2) is 19.9 Å². The Hall–Kier alpha value is -2.98. The van der Waals surface area contributed by atoms with E-state index in [1.165, 1.54) is 5.56 Å². The topological polar surface area (TPSA) is 45.8 Å². The third-order valence-electron chi connectivity index (χ3n) is 5.26. The van der Waals surface area contributed by atoms with Crippen LogP contribution in [0.15, 0.2) is 84.0 Å². The number of H-pyrrole nitrogens is 1. The number of nitrogens with zero attached hydrogens (tertiary/aromatic N) is 1. The molecular weight excluding hydrogens is 364 g/mol. The highest BCUT2D eigenvalue weighted by Gasteiger charge is 2.18. The molecule has 3 nitrogen and oxygen atoms in total. The number of aryl methyl sites for hydroxylation is 1. The fourth-order valence-corrected chi connectivity index (χ4v) is 5.17. The Labute approximate surface area is 166 Å². The van der Waals surface area contributed by atoms with E-state index < -0.39 is 10.8 Å². The van der Waals surface area contributed by atoms with Gasteiger partial charge in [-0.1, -0.05) is 36.4 Å². The molecule has 4 heteroatoms. The Morgan fingerprint density at radius 1 is 0.857 bits per heavy atom. The SMILES string of the molecule is O=S1CCCc2cc(-c3cc(-c4ccncc4)c(-c4ccccc4)[nH]3)ccc21. The lowest BCUT2D eigenvalue weighted by Crippen LogP contribution is -2.09. The fourth-order valence-electron chi connectivity index (χ4n) is 3.87. The lowest BCUT2D eigenvalue weighted by Gasteiger charge is -2.15. The van der Waals surface area contributed by atoms with Gasteiger partial charge >= 0.3 is 0 Å². The Bertz CT molecular complexity index is 1090. The molecule has 2 aromatic heterocycles. The first-order valence-electron chi connectivity index (χ1n) is 9.50. The van der Waals surface area contributed by atoms with E-state index in [1.807, 2.05) is 36.7 Å². The molecule has 4 aromatic rings. The van der Waals surface area contributed by atoms with E-state index in [0.29, 0.717) is 0 Å². The standard InChI is InChI=1S/C24H20N2OS/c27-28-14-4-7-20-15-19(8-9-23(20)28)22-16-21(17-10-12-25-13-11-17)24(26-22)18-5-2-1-3-6-18/h1-3,5-6,8-13,15-16,26H,4,7,14H2. The highest BCUT2D eigenvalue weighted by Crippen LogP contribution is 2.36. The lowest BCUT2D eigenvalue weighted by atomic mass is 10.0. The molecule has 3 heterocycles. The van der Waals surface area contributed by atoms with Crippen molar-refractivity contribution in [2.45, 2.75) is 17.7 Å². The Balaban J connectivity index is 1.65. The summed E-state index contributed by atoms with van der Waals surface area (Å²) < 4.78 is 12.3. The van der Waals surface area contributed by atoms with Crippen LogP contribution in [0.1, 0.15) is 12.0 Å². The minimum absolute atomic E-state index is 0.777. The molecule has 0 aliphatic carbocycles. The van der Waals surface area contributed by atoms with Gasteiger partial charge < -0.3 is 4.98 Å². The second-order valence-electron chi connectivity index (χ2n) is 7.05. The zero-order chi connectivity index (χ0) is 18.9. The predicted molar refractivity (Wildman–Crippen MR) is 114 cm³/mol. The Morgan fingerprint density at radius 2 is 1.68 bits per heavy atom. The zero-order valence-corrected chi connectivity index (χ0v) is 16.2. The average molecular weight is 385 g/mol. The molecule has 0 amide bonds. The number of benzene rings is 2. The van der Waals surface area contributed by atoms with Crippen molar-refractivity contribution in [3.05, 3.63) is 84.7 Å². The van der Waals surface area contributed by atoms with Crippen LogP contribution in [0.2, 0.25) is 0 Å². The minimum atomic E-state index is -0.856. The summed E-state index contributed by atoms with van der Waals surface area (Å²) in [5.74, 6) is 0.777. The molecule has 0 radical (unpaired) electrons. The summed E-state index contributed by atoms with van der Waals surface area (Å²) in [5.41, 5.74) is 7.96. The van der Waals surface area contributed by atoms with Crippen molar-refractivity contribution in [3.8, 4) is 33.6 Å². The number of nitrogens with one attached hydrogen (secondary N) is 1. The molecular formula is C24H20N2OS. The number of rotatable bonds is 3. The van der Waals surface area contributed by atoms with E-state index in [0.717, 1.165) is 57.1 Å². The maximum absolute atomic E-state index is 12.3. The Kier molecular flexibility index (Phi) is 4.41. The van der Waals surface area contributed by atoms with Crippen LogP contribution in [0, 0.1) is 0 Å². The third-order valence-corrected chi connectivity index (χ3v) is 6.81. The van der Waals surface area contributed by atoms with Crippen LogP contribution in [0.25, 0.3) is 33.6 Å². The molecule has 1 aliphatic heterocycles. The largest absolute Gasteiger partial charge is 0.354 e. The van der Waals surface area contributed by atoms with E-state index >= 15 is 0 Å². The number of pyridine rings is 1. The smallest absolute Gasteiger partial charge is 0.0538 e. The van der Waals surface area contributed by atoms with Crippen molar-refractivity contribution < 1.29 is 4.21 Å². The van der Waals surface area contributed by atoms with E-state index in [9.17, 15) is 4.21 Å². The van der Waals surface area contributed by atoms with E-state index in [1.54, 1.807) is 0 Å². The molecule has 1 aliphatic rings. The molecule has 1 N–H and O–H groups in total. The number of fused-ring (bicyclic) bond motifs is 1. The summed E-state index contributed by atoms with van der Waals surface area (Å²) in [7, 11) is -0.856. The van der Waals surface area contributed by atoms with Gasteiger partial charge in [-0.2, -0.15) is 0 Å². The van der Waals surface area contributed by atoms with Crippen LogP contribution in [0.5, 0.6) is 0 Å². The van der Waals surface area contributed by atoms with Crippen LogP contribution < -0.4 is 0 Å². The van der Waals surface area contributed by atoms with E-state index in [2.05, 4.69) is 52.4 Å². The van der Waals surface area contributed by atoms with Gasteiger partial charge in [0.15, 0.2) is 0 Å². The molecule has 0 fully saturated rings. The highest BCUT2D eigenvalue weighted by atomic mass is 32.2. The molecule has 1 unspecified atom stereocenters. The van der Waals surface area contributed by atoms with Crippen molar-refractivity contribution in [2.75, 3.05) is 5.75 Å². The third kappa shape index (κ3) is 3.10. The van der Waals surface area contributed by atoms with Gasteiger partial charge in [-0.3, -0.25) is 9.19 Å². The summed E-state index contributed by atoms with van der Waals surface area (Å²) in [6, 6.07) is 23.0. The normalized spacial score (nSPS) is 15.9. The lowest BCUT2D eigenvalue weighted by molar-refractivity contribution is 0.674. The fraction of sp³-hybridized carbons (Fsp3) is 0.125.